The van der Waals surface area contributed by atoms with E-state index in [9.17, 15) is 9.59 Å². The van der Waals surface area contributed by atoms with Gasteiger partial charge in [-0.15, -0.1) is 0 Å². The SMILES string of the molecule is Cc1nc2ccc(C(=O)N3CCCN(C(=O)NC(C)C)CC3)cc2o1. The summed E-state index contributed by atoms with van der Waals surface area (Å²) in [5.74, 6) is 0.545. The summed E-state index contributed by atoms with van der Waals surface area (Å²) in [7, 11) is 0. The van der Waals surface area contributed by atoms with Crippen LogP contribution >= 0.6 is 0 Å². The molecule has 7 heteroatoms. The number of nitrogens with zero attached hydrogens (tertiary/aromatic N) is 3. The molecular weight excluding hydrogens is 320 g/mol. The molecule has 2 heterocycles. The molecule has 0 saturated carbocycles. The fourth-order valence-corrected chi connectivity index (χ4v) is 3.02. The van der Waals surface area contributed by atoms with E-state index in [2.05, 4.69) is 10.3 Å². The highest BCUT2D eigenvalue weighted by Gasteiger charge is 2.23. The Morgan fingerprint density at radius 3 is 2.64 bits per heavy atom. The largest absolute Gasteiger partial charge is 0.441 e. The molecule has 1 aromatic heterocycles. The fraction of sp³-hybridized carbons (Fsp3) is 0.500. The van der Waals surface area contributed by atoms with Crippen molar-refractivity contribution < 1.29 is 14.0 Å². The molecule has 0 radical (unpaired) electrons. The first-order valence-electron chi connectivity index (χ1n) is 8.66. The normalized spacial score (nSPS) is 15.5. The van der Waals surface area contributed by atoms with Crippen molar-refractivity contribution in [2.75, 3.05) is 26.2 Å². The Kier molecular flexibility index (Phi) is 4.92. The van der Waals surface area contributed by atoms with E-state index in [0.29, 0.717) is 43.2 Å². The van der Waals surface area contributed by atoms with E-state index in [1.807, 2.05) is 13.8 Å². The average molecular weight is 344 g/mol. The van der Waals surface area contributed by atoms with Gasteiger partial charge in [-0.2, -0.15) is 0 Å². The molecule has 0 unspecified atom stereocenters. The monoisotopic (exact) mass is 344 g/mol. The van der Waals surface area contributed by atoms with Gasteiger partial charge in [-0.1, -0.05) is 0 Å². The van der Waals surface area contributed by atoms with Gasteiger partial charge in [0.25, 0.3) is 5.91 Å². The molecule has 0 aliphatic carbocycles. The number of fused-ring (bicyclic) bond motifs is 1. The molecule has 3 rings (SSSR count). The third-order valence-electron chi connectivity index (χ3n) is 4.22. The molecule has 1 aromatic carbocycles. The Morgan fingerprint density at radius 2 is 1.88 bits per heavy atom. The Morgan fingerprint density at radius 1 is 1.16 bits per heavy atom. The Labute approximate surface area is 147 Å². The smallest absolute Gasteiger partial charge is 0.317 e. The van der Waals surface area contributed by atoms with Gasteiger partial charge in [0, 0.05) is 44.7 Å². The number of benzene rings is 1. The minimum absolute atomic E-state index is 0.0397. The van der Waals surface area contributed by atoms with Crippen molar-refractivity contribution in [3.63, 3.8) is 0 Å². The number of aryl methyl sites for hydroxylation is 1. The molecule has 2 aromatic rings. The lowest BCUT2D eigenvalue weighted by Crippen LogP contribution is -2.44. The van der Waals surface area contributed by atoms with Gasteiger partial charge >= 0.3 is 6.03 Å². The number of amides is 3. The number of urea groups is 1. The summed E-state index contributed by atoms with van der Waals surface area (Å²) in [6.07, 6.45) is 0.765. The standard InChI is InChI=1S/C18H24N4O3/c1-12(2)19-18(24)22-8-4-7-21(9-10-22)17(23)14-5-6-15-16(11-14)25-13(3)20-15/h5-6,11-12H,4,7-10H2,1-3H3,(H,19,24). The van der Waals surface area contributed by atoms with Crippen molar-refractivity contribution in [3.05, 3.63) is 29.7 Å². The van der Waals surface area contributed by atoms with E-state index in [1.165, 1.54) is 0 Å². The van der Waals surface area contributed by atoms with E-state index in [0.717, 1.165) is 11.9 Å². The van der Waals surface area contributed by atoms with Gasteiger partial charge in [0.1, 0.15) is 5.52 Å². The third-order valence-corrected chi connectivity index (χ3v) is 4.22. The van der Waals surface area contributed by atoms with Crippen molar-refractivity contribution in [3.8, 4) is 0 Å². The molecule has 1 aliphatic heterocycles. The van der Waals surface area contributed by atoms with E-state index >= 15 is 0 Å². The molecule has 0 spiro atoms. The van der Waals surface area contributed by atoms with Crippen molar-refractivity contribution in [2.24, 2.45) is 0 Å². The first kappa shape index (κ1) is 17.3. The summed E-state index contributed by atoms with van der Waals surface area (Å²) >= 11 is 0. The quantitative estimate of drug-likeness (QED) is 0.907. The van der Waals surface area contributed by atoms with E-state index in [4.69, 9.17) is 4.42 Å². The van der Waals surface area contributed by atoms with E-state index in [-0.39, 0.29) is 18.0 Å². The molecule has 1 N–H and O–H groups in total. The van der Waals surface area contributed by atoms with Gasteiger partial charge in [0.15, 0.2) is 11.5 Å². The second-order valence-electron chi connectivity index (χ2n) is 6.65. The van der Waals surface area contributed by atoms with Crippen LogP contribution in [0.3, 0.4) is 0 Å². The highest BCUT2D eigenvalue weighted by Crippen LogP contribution is 2.18. The number of carbonyl (C=O) groups is 2. The average Bonchev–Trinajstić information content (AvgIpc) is 2.77. The zero-order valence-corrected chi connectivity index (χ0v) is 14.9. The van der Waals surface area contributed by atoms with Gasteiger partial charge in [-0.3, -0.25) is 4.79 Å². The van der Waals surface area contributed by atoms with Gasteiger partial charge in [0.05, 0.1) is 0 Å². The van der Waals surface area contributed by atoms with E-state index in [1.54, 1.807) is 34.9 Å². The minimum atomic E-state index is -0.0668. The molecule has 1 aliphatic rings. The molecule has 1 saturated heterocycles. The maximum absolute atomic E-state index is 12.8. The van der Waals surface area contributed by atoms with Crippen molar-refractivity contribution in [1.82, 2.24) is 20.1 Å². The van der Waals surface area contributed by atoms with E-state index < -0.39 is 0 Å². The summed E-state index contributed by atoms with van der Waals surface area (Å²) in [4.78, 5) is 32.8. The maximum atomic E-state index is 12.8. The van der Waals surface area contributed by atoms with Crippen LogP contribution in [0.5, 0.6) is 0 Å². The molecule has 0 bridgehead atoms. The van der Waals surface area contributed by atoms with Crippen molar-refractivity contribution in [2.45, 2.75) is 33.2 Å². The number of oxazole rings is 1. The van der Waals surface area contributed by atoms with Gasteiger partial charge < -0.3 is 19.5 Å². The first-order chi connectivity index (χ1) is 11.9. The molecule has 134 valence electrons. The number of aromatic nitrogens is 1. The molecule has 25 heavy (non-hydrogen) atoms. The van der Waals surface area contributed by atoms with Crippen LogP contribution < -0.4 is 5.32 Å². The lowest BCUT2D eigenvalue weighted by Gasteiger charge is -2.23. The third kappa shape index (κ3) is 3.92. The maximum Gasteiger partial charge on any atom is 0.317 e. The molecule has 1 fully saturated rings. The lowest BCUT2D eigenvalue weighted by molar-refractivity contribution is 0.0762. The molecule has 7 nitrogen and oxygen atoms in total. The van der Waals surface area contributed by atoms with Gasteiger partial charge in [-0.05, 0) is 38.5 Å². The van der Waals surface area contributed by atoms with Crippen LogP contribution in [0.25, 0.3) is 11.1 Å². The van der Waals surface area contributed by atoms with Crippen LogP contribution in [0.1, 0.15) is 36.5 Å². The van der Waals surface area contributed by atoms with Crippen molar-refractivity contribution in [1.29, 1.82) is 0 Å². The predicted octanol–water partition coefficient (Wildman–Crippen LogP) is 2.40. The fourth-order valence-electron chi connectivity index (χ4n) is 3.02. The second kappa shape index (κ2) is 7.13. The zero-order valence-electron chi connectivity index (χ0n) is 14.9. The highest BCUT2D eigenvalue weighted by atomic mass is 16.3. The van der Waals surface area contributed by atoms with Crippen LogP contribution in [0.4, 0.5) is 4.79 Å². The summed E-state index contributed by atoms with van der Waals surface area (Å²) in [5.41, 5.74) is 1.96. The summed E-state index contributed by atoms with van der Waals surface area (Å²) in [6, 6.07) is 5.36. The zero-order chi connectivity index (χ0) is 18.0. The van der Waals surface area contributed by atoms with Crippen LogP contribution in [0.2, 0.25) is 0 Å². The summed E-state index contributed by atoms with van der Waals surface area (Å²) in [5, 5.41) is 2.90. The van der Waals surface area contributed by atoms with Gasteiger partial charge in [0.2, 0.25) is 0 Å². The number of hydrogen-bond acceptors (Lipinski definition) is 4. The highest BCUT2D eigenvalue weighted by molar-refractivity contribution is 5.97. The van der Waals surface area contributed by atoms with Gasteiger partial charge in [-0.25, -0.2) is 9.78 Å². The topological polar surface area (TPSA) is 78.7 Å². The number of carbonyl (C=O) groups excluding carboxylic acids is 2. The number of nitrogens with one attached hydrogen (secondary N) is 1. The Hall–Kier alpha value is -2.57. The molecule has 0 atom stereocenters. The Balaban J connectivity index is 1.68. The van der Waals surface area contributed by atoms with Crippen molar-refractivity contribution >= 4 is 23.0 Å². The summed E-state index contributed by atoms with van der Waals surface area (Å²) < 4.78 is 5.51. The minimum Gasteiger partial charge on any atom is -0.441 e. The lowest BCUT2D eigenvalue weighted by atomic mass is 10.1. The van der Waals surface area contributed by atoms with Crippen LogP contribution in [-0.2, 0) is 0 Å². The Bertz CT molecular complexity index is 784. The summed E-state index contributed by atoms with van der Waals surface area (Å²) in [6.45, 7) is 8.01. The predicted molar refractivity (Wildman–Crippen MR) is 94.5 cm³/mol. The van der Waals surface area contributed by atoms with Crippen LogP contribution in [-0.4, -0.2) is 58.9 Å². The molecular formula is C18H24N4O3. The number of hydrogen-bond donors (Lipinski definition) is 1. The second-order valence-corrected chi connectivity index (χ2v) is 6.65. The number of rotatable bonds is 2. The van der Waals surface area contributed by atoms with Crippen LogP contribution in [0, 0.1) is 6.92 Å². The van der Waals surface area contributed by atoms with Crippen LogP contribution in [0.15, 0.2) is 22.6 Å². The molecule has 3 amide bonds. The first-order valence-corrected chi connectivity index (χ1v) is 8.66.